The van der Waals surface area contributed by atoms with Crippen LogP contribution in [0.15, 0.2) is 47.1 Å². The number of hydrogen-bond donors (Lipinski definition) is 2. The molecule has 4 rings (SSSR count). The van der Waals surface area contributed by atoms with Crippen molar-refractivity contribution < 1.29 is 18.8 Å². The van der Waals surface area contributed by atoms with Crippen molar-refractivity contribution in [3.05, 3.63) is 48.2 Å². The van der Waals surface area contributed by atoms with Crippen LogP contribution in [0.25, 0.3) is 21.7 Å². The fourth-order valence-corrected chi connectivity index (χ4v) is 4.21. The lowest BCUT2D eigenvalue weighted by molar-refractivity contribution is -0.914. The average Bonchev–Trinajstić information content (AvgIpc) is 3.09. The minimum Gasteiger partial charge on any atom is -0.464 e. The molecule has 0 spiro atoms. The second kappa shape index (κ2) is 8.33. The molecule has 0 radical (unpaired) electrons. The first-order valence-corrected chi connectivity index (χ1v) is 10.2. The normalized spacial score (nSPS) is 20.1. The zero-order chi connectivity index (χ0) is 19.5. The lowest BCUT2D eigenvalue weighted by atomic mass is 10.0. The molecule has 0 aliphatic carbocycles. The first kappa shape index (κ1) is 19.0. The van der Waals surface area contributed by atoms with Gasteiger partial charge < -0.3 is 19.4 Å². The smallest absolute Gasteiger partial charge is 0.224 e. The molecule has 1 fully saturated rings. The number of carbonyl (C=O) groups excluding carboxylic acids is 1. The van der Waals surface area contributed by atoms with Gasteiger partial charge in [0, 0.05) is 23.4 Å². The van der Waals surface area contributed by atoms with Gasteiger partial charge in [0.25, 0.3) is 0 Å². The number of fused-ring (bicyclic) bond motifs is 3. The van der Waals surface area contributed by atoms with E-state index in [4.69, 9.17) is 9.15 Å². The molecule has 0 saturated carbocycles. The molecule has 2 heterocycles. The van der Waals surface area contributed by atoms with Gasteiger partial charge in [-0.1, -0.05) is 44.2 Å². The van der Waals surface area contributed by atoms with E-state index < -0.39 is 0 Å². The second-order valence-corrected chi connectivity index (χ2v) is 8.20. The van der Waals surface area contributed by atoms with Gasteiger partial charge in [-0.3, -0.25) is 4.79 Å². The predicted octanol–water partition coefficient (Wildman–Crippen LogP) is 2.18. The highest BCUT2D eigenvalue weighted by atomic mass is 16.5. The topological polar surface area (TPSA) is 55.9 Å². The van der Waals surface area contributed by atoms with E-state index in [1.165, 1.54) is 0 Å². The second-order valence-electron chi connectivity index (χ2n) is 8.20. The summed E-state index contributed by atoms with van der Waals surface area (Å²) < 4.78 is 11.5. The maximum Gasteiger partial charge on any atom is 0.224 e. The molecule has 1 aliphatic rings. The van der Waals surface area contributed by atoms with Crippen molar-refractivity contribution in [3.8, 4) is 0 Å². The van der Waals surface area contributed by atoms with Crippen LogP contribution in [-0.4, -0.2) is 44.8 Å². The first-order chi connectivity index (χ1) is 13.6. The van der Waals surface area contributed by atoms with Gasteiger partial charge >= 0.3 is 0 Å². The highest BCUT2D eigenvalue weighted by molar-refractivity contribution is 6.08. The standard InChI is InChI=1S/C23H28N2O3/c1-16(2)13-25-9-10-27-19(14-25)12-24-22(26)11-18-15-28-21-8-7-17-5-3-4-6-20(17)23(18)21/h3-8,15-16,19H,9-14H2,1-2H3,(H,24,26)/p+1/t19-/m1/s1. The zero-order valence-electron chi connectivity index (χ0n) is 16.7. The van der Waals surface area contributed by atoms with Crippen molar-refractivity contribution in [2.45, 2.75) is 26.4 Å². The van der Waals surface area contributed by atoms with Crippen molar-refractivity contribution in [2.75, 3.05) is 32.8 Å². The molecule has 1 aliphatic heterocycles. The Morgan fingerprint density at radius 3 is 2.96 bits per heavy atom. The summed E-state index contributed by atoms with van der Waals surface area (Å²) >= 11 is 0. The SMILES string of the molecule is CC(C)C[NH+]1CCO[C@H](CNC(=O)Cc2coc3ccc4ccccc4c23)C1. The number of rotatable bonds is 6. The molecule has 2 aromatic carbocycles. The molecule has 5 heteroatoms. The van der Waals surface area contributed by atoms with E-state index in [2.05, 4.69) is 37.4 Å². The molecule has 2 N–H and O–H groups in total. The number of morpholine rings is 1. The summed E-state index contributed by atoms with van der Waals surface area (Å²) in [4.78, 5) is 14.1. The molecule has 5 nitrogen and oxygen atoms in total. The number of hydrogen-bond acceptors (Lipinski definition) is 3. The third-order valence-electron chi connectivity index (χ3n) is 5.44. The highest BCUT2D eigenvalue weighted by Gasteiger charge is 2.24. The summed E-state index contributed by atoms with van der Waals surface area (Å²) in [7, 11) is 0. The first-order valence-electron chi connectivity index (χ1n) is 10.2. The number of furan rings is 1. The van der Waals surface area contributed by atoms with Gasteiger partial charge in [-0.2, -0.15) is 0 Å². The minimum atomic E-state index is 0.00946. The van der Waals surface area contributed by atoms with Crippen molar-refractivity contribution in [1.29, 1.82) is 0 Å². The lowest BCUT2D eigenvalue weighted by Gasteiger charge is -2.31. The molecular weight excluding hydrogens is 352 g/mol. The van der Waals surface area contributed by atoms with Crippen molar-refractivity contribution in [3.63, 3.8) is 0 Å². The Kier molecular flexibility index (Phi) is 5.64. The molecule has 3 aromatic rings. The van der Waals surface area contributed by atoms with Crippen LogP contribution >= 0.6 is 0 Å². The van der Waals surface area contributed by atoms with Crippen molar-refractivity contribution >= 4 is 27.6 Å². The summed E-state index contributed by atoms with van der Waals surface area (Å²) in [5.41, 5.74) is 1.76. The van der Waals surface area contributed by atoms with E-state index >= 15 is 0 Å². The van der Waals surface area contributed by atoms with Gasteiger partial charge in [-0.05, 0) is 16.8 Å². The van der Waals surface area contributed by atoms with E-state index in [1.807, 2.05) is 18.2 Å². The van der Waals surface area contributed by atoms with Crippen molar-refractivity contribution in [2.24, 2.45) is 5.92 Å². The quantitative estimate of drug-likeness (QED) is 0.688. The van der Waals surface area contributed by atoms with Crippen molar-refractivity contribution in [1.82, 2.24) is 5.32 Å². The summed E-state index contributed by atoms with van der Waals surface area (Å²) in [6.45, 7) is 8.99. The summed E-state index contributed by atoms with van der Waals surface area (Å²) in [5.74, 6) is 0.683. The monoisotopic (exact) mass is 381 g/mol. The van der Waals surface area contributed by atoms with Gasteiger partial charge in [0.1, 0.15) is 24.8 Å². The van der Waals surface area contributed by atoms with E-state index in [-0.39, 0.29) is 12.0 Å². The minimum absolute atomic E-state index is 0.00946. The van der Waals surface area contributed by atoms with Crippen LogP contribution in [0.3, 0.4) is 0 Å². The molecule has 148 valence electrons. The van der Waals surface area contributed by atoms with Crippen LogP contribution in [-0.2, 0) is 16.0 Å². The Morgan fingerprint density at radius 1 is 1.25 bits per heavy atom. The Morgan fingerprint density at radius 2 is 2.11 bits per heavy atom. The maximum absolute atomic E-state index is 12.6. The number of nitrogens with one attached hydrogen (secondary N) is 2. The molecule has 1 amide bonds. The van der Waals surface area contributed by atoms with Crippen LogP contribution in [0.4, 0.5) is 0 Å². The lowest BCUT2D eigenvalue weighted by Crippen LogP contribution is -3.15. The molecule has 1 unspecified atom stereocenters. The van der Waals surface area contributed by atoms with Gasteiger partial charge in [-0.15, -0.1) is 0 Å². The summed E-state index contributed by atoms with van der Waals surface area (Å²) in [6, 6.07) is 12.2. The van der Waals surface area contributed by atoms with Gasteiger partial charge in [0.15, 0.2) is 0 Å². The Hall–Kier alpha value is -2.37. The van der Waals surface area contributed by atoms with Gasteiger partial charge in [-0.25, -0.2) is 0 Å². The summed E-state index contributed by atoms with van der Waals surface area (Å²) in [6.07, 6.45) is 2.12. The molecular formula is C23H29N2O3+. The largest absolute Gasteiger partial charge is 0.464 e. The molecule has 2 atom stereocenters. The molecule has 0 bridgehead atoms. The fraction of sp³-hybridized carbons (Fsp3) is 0.435. The number of carbonyl (C=O) groups is 1. The predicted molar refractivity (Wildman–Crippen MR) is 111 cm³/mol. The molecule has 1 saturated heterocycles. The number of amides is 1. The number of ether oxygens (including phenoxy) is 1. The summed E-state index contributed by atoms with van der Waals surface area (Å²) in [5, 5.41) is 6.37. The molecule has 1 aromatic heterocycles. The van der Waals surface area contributed by atoms with Crippen LogP contribution in [0.1, 0.15) is 19.4 Å². The van der Waals surface area contributed by atoms with Crippen LogP contribution < -0.4 is 10.2 Å². The van der Waals surface area contributed by atoms with E-state index in [0.717, 1.165) is 53.5 Å². The third-order valence-corrected chi connectivity index (χ3v) is 5.44. The zero-order valence-corrected chi connectivity index (χ0v) is 16.7. The van der Waals surface area contributed by atoms with Gasteiger partial charge in [0.2, 0.25) is 5.91 Å². The van der Waals surface area contributed by atoms with E-state index in [0.29, 0.717) is 18.9 Å². The maximum atomic E-state index is 12.6. The van der Waals surface area contributed by atoms with Crippen LogP contribution in [0.2, 0.25) is 0 Å². The van der Waals surface area contributed by atoms with E-state index in [9.17, 15) is 4.79 Å². The number of benzene rings is 2. The average molecular weight is 381 g/mol. The third kappa shape index (κ3) is 4.21. The van der Waals surface area contributed by atoms with Crippen LogP contribution in [0.5, 0.6) is 0 Å². The van der Waals surface area contributed by atoms with E-state index in [1.54, 1.807) is 11.2 Å². The van der Waals surface area contributed by atoms with Crippen LogP contribution in [0, 0.1) is 5.92 Å². The number of quaternary nitrogens is 1. The van der Waals surface area contributed by atoms with Gasteiger partial charge in [0.05, 0.1) is 25.8 Å². The fourth-order valence-electron chi connectivity index (χ4n) is 4.21. The highest BCUT2D eigenvalue weighted by Crippen LogP contribution is 2.30. The Labute approximate surface area is 165 Å². The Bertz CT molecular complexity index is 963. The molecule has 28 heavy (non-hydrogen) atoms. The Balaban J connectivity index is 1.40.